The Morgan fingerprint density at radius 2 is 2.19 bits per heavy atom. The van der Waals surface area contributed by atoms with Crippen molar-refractivity contribution in [1.29, 1.82) is 0 Å². The van der Waals surface area contributed by atoms with E-state index in [1.165, 1.54) is 4.57 Å². The fourth-order valence-corrected chi connectivity index (χ4v) is 2.68. The number of fused-ring (bicyclic) bond motifs is 1. The van der Waals surface area contributed by atoms with Gasteiger partial charge in [-0.3, -0.25) is 9.36 Å². The molecule has 2 heterocycles. The van der Waals surface area contributed by atoms with Crippen LogP contribution in [0.5, 0.6) is 0 Å². The summed E-state index contributed by atoms with van der Waals surface area (Å²) >= 11 is 0. The third-order valence-electron chi connectivity index (χ3n) is 3.95. The average Bonchev–Trinajstić information content (AvgIpc) is 3.07. The van der Waals surface area contributed by atoms with Gasteiger partial charge in [-0.2, -0.15) is 0 Å². The van der Waals surface area contributed by atoms with E-state index < -0.39 is 0 Å². The zero-order valence-corrected chi connectivity index (χ0v) is 12.7. The van der Waals surface area contributed by atoms with Crippen LogP contribution in [0.1, 0.15) is 6.42 Å². The predicted molar refractivity (Wildman–Crippen MR) is 83.9 cm³/mol. The van der Waals surface area contributed by atoms with Crippen molar-refractivity contribution in [2.24, 2.45) is 0 Å². The zero-order chi connectivity index (χ0) is 14.1. The Morgan fingerprint density at radius 1 is 1.43 bits per heavy atom. The molecule has 1 saturated heterocycles. The normalized spacial score (nSPS) is 17.7. The summed E-state index contributed by atoms with van der Waals surface area (Å²) in [4.78, 5) is 28.8. The minimum absolute atomic E-state index is 0. The van der Waals surface area contributed by atoms with Crippen molar-refractivity contribution in [3.63, 3.8) is 0 Å². The largest absolute Gasteiger partial charge is 0.340 e. The van der Waals surface area contributed by atoms with Crippen molar-refractivity contribution in [1.82, 2.24) is 19.8 Å². The number of halogens is 1. The first-order chi connectivity index (χ1) is 9.66. The first kappa shape index (κ1) is 15.6. The molecule has 1 aliphatic rings. The topological polar surface area (TPSA) is 70.1 Å². The maximum Gasteiger partial charge on any atom is 0.326 e. The third kappa shape index (κ3) is 2.96. The average molecular weight is 311 g/mol. The number of aromatic nitrogens is 2. The smallest absolute Gasteiger partial charge is 0.326 e. The number of nitrogens with zero attached hydrogens (tertiary/aromatic N) is 2. The van der Waals surface area contributed by atoms with Crippen LogP contribution in [-0.4, -0.2) is 46.5 Å². The van der Waals surface area contributed by atoms with Crippen molar-refractivity contribution >= 4 is 29.3 Å². The molecule has 1 aromatic carbocycles. The number of H-pyrrole nitrogens is 1. The SMILES string of the molecule is CN(C(=O)Cn1c(=O)[nH]c2ccccc21)C1CCNC1.Cl. The molecule has 0 bridgehead atoms. The van der Waals surface area contributed by atoms with Crippen LogP contribution in [0.25, 0.3) is 11.0 Å². The number of aromatic amines is 1. The van der Waals surface area contributed by atoms with Gasteiger partial charge < -0.3 is 15.2 Å². The molecular formula is C14H19ClN4O2. The van der Waals surface area contributed by atoms with Crippen LogP contribution in [0, 0.1) is 0 Å². The van der Waals surface area contributed by atoms with E-state index in [1.54, 1.807) is 11.9 Å². The van der Waals surface area contributed by atoms with Gasteiger partial charge in [0.25, 0.3) is 0 Å². The molecule has 6 nitrogen and oxygen atoms in total. The molecule has 2 aromatic rings. The summed E-state index contributed by atoms with van der Waals surface area (Å²) < 4.78 is 1.50. The Bertz CT molecular complexity index is 688. The zero-order valence-electron chi connectivity index (χ0n) is 11.8. The van der Waals surface area contributed by atoms with Crippen molar-refractivity contribution in [2.45, 2.75) is 19.0 Å². The molecule has 2 N–H and O–H groups in total. The minimum atomic E-state index is -0.238. The van der Waals surface area contributed by atoms with E-state index in [0.717, 1.165) is 30.5 Å². The van der Waals surface area contributed by atoms with Gasteiger partial charge >= 0.3 is 5.69 Å². The highest BCUT2D eigenvalue weighted by molar-refractivity contribution is 5.85. The number of nitrogens with one attached hydrogen (secondary N) is 2. The Balaban J connectivity index is 0.00000161. The van der Waals surface area contributed by atoms with Gasteiger partial charge in [0.15, 0.2) is 0 Å². The second-order valence-electron chi connectivity index (χ2n) is 5.18. The summed E-state index contributed by atoms with van der Waals surface area (Å²) in [5.74, 6) is -0.0365. The lowest BCUT2D eigenvalue weighted by molar-refractivity contribution is -0.132. The van der Waals surface area contributed by atoms with Crippen molar-refractivity contribution in [2.75, 3.05) is 20.1 Å². The Hall–Kier alpha value is -1.79. The maximum absolute atomic E-state index is 12.3. The molecule has 114 valence electrons. The second-order valence-corrected chi connectivity index (χ2v) is 5.18. The van der Waals surface area contributed by atoms with Crippen molar-refractivity contribution in [3.05, 3.63) is 34.7 Å². The molecule has 7 heteroatoms. The number of imidazole rings is 1. The van der Waals surface area contributed by atoms with E-state index in [4.69, 9.17) is 0 Å². The van der Waals surface area contributed by atoms with Crippen LogP contribution >= 0.6 is 12.4 Å². The lowest BCUT2D eigenvalue weighted by Crippen LogP contribution is -2.41. The standard InChI is InChI=1S/C14H18N4O2.ClH/c1-17(10-6-7-15-8-10)13(19)9-18-12-5-3-2-4-11(12)16-14(18)20;/h2-5,10,15H,6-9H2,1H3,(H,16,20);1H. The summed E-state index contributed by atoms with van der Waals surface area (Å²) in [5, 5.41) is 3.24. The third-order valence-corrected chi connectivity index (χ3v) is 3.95. The Labute approximate surface area is 128 Å². The number of hydrogen-bond acceptors (Lipinski definition) is 3. The molecular weight excluding hydrogens is 292 g/mol. The van der Waals surface area contributed by atoms with Gasteiger partial charge in [-0.1, -0.05) is 12.1 Å². The van der Waals surface area contributed by atoms with E-state index in [2.05, 4.69) is 10.3 Å². The van der Waals surface area contributed by atoms with Crippen LogP contribution in [0.3, 0.4) is 0 Å². The Kier molecular flexibility index (Phi) is 4.69. The Morgan fingerprint density at radius 3 is 2.90 bits per heavy atom. The van der Waals surface area contributed by atoms with E-state index in [1.807, 2.05) is 24.3 Å². The van der Waals surface area contributed by atoms with Gasteiger partial charge in [-0.15, -0.1) is 12.4 Å². The van der Waals surface area contributed by atoms with Gasteiger partial charge in [-0.25, -0.2) is 4.79 Å². The van der Waals surface area contributed by atoms with Crippen molar-refractivity contribution < 1.29 is 4.79 Å². The molecule has 1 unspecified atom stereocenters. The number of carbonyl (C=O) groups is 1. The molecule has 0 radical (unpaired) electrons. The number of likely N-dealkylation sites (N-methyl/N-ethyl adjacent to an activating group) is 1. The second kappa shape index (κ2) is 6.32. The van der Waals surface area contributed by atoms with Crippen LogP contribution in [0.4, 0.5) is 0 Å². The summed E-state index contributed by atoms with van der Waals surface area (Å²) in [6.45, 7) is 1.84. The van der Waals surface area contributed by atoms with E-state index in [9.17, 15) is 9.59 Å². The van der Waals surface area contributed by atoms with Gasteiger partial charge in [-0.05, 0) is 25.1 Å². The van der Waals surface area contributed by atoms with Gasteiger partial charge in [0.1, 0.15) is 6.54 Å². The highest BCUT2D eigenvalue weighted by Crippen LogP contribution is 2.11. The molecule has 3 rings (SSSR count). The summed E-state index contributed by atoms with van der Waals surface area (Å²) in [7, 11) is 1.81. The number of para-hydroxylation sites is 2. The summed E-state index contributed by atoms with van der Waals surface area (Å²) in [6.07, 6.45) is 0.963. The van der Waals surface area contributed by atoms with Crippen LogP contribution in [-0.2, 0) is 11.3 Å². The van der Waals surface area contributed by atoms with Crippen molar-refractivity contribution in [3.8, 4) is 0 Å². The van der Waals surface area contributed by atoms with E-state index in [0.29, 0.717) is 0 Å². The highest BCUT2D eigenvalue weighted by atomic mass is 35.5. The number of hydrogen-bond donors (Lipinski definition) is 2. The molecule has 0 saturated carbocycles. The fourth-order valence-electron chi connectivity index (χ4n) is 2.68. The summed E-state index contributed by atoms with van der Waals surface area (Å²) in [6, 6.07) is 7.63. The lowest BCUT2D eigenvalue weighted by atomic mass is 10.2. The molecule has 1 atom stereocenters. The lowest BCUT2D eigenvalue weighted by Gasteiger charge is -2.23. The maximum atomic E-state index is 12.3. The molecule has 1 aliphatic heterocycles. The summed E-state index contributed by atoms with van der Waals surface area (Å²) in [5.41, 5.74) is 1.29. The molecule has 1 fully saturated rings. The number of amides is 1. The molecule has 0 spiro atoms. The van der Waals surface area contributed by atoms with Gasteiger partial charge in [0, 0.05) is 19.6 Å². The van der Waals surface area contributed by atoms with Crippen LogP contribution in [0.2, 0.25) is 0 Å². The quantitative estimate of drug-likeness (QED) is 0.871. The molecule has 1 aromatic heterocycles. The van der Waals surface area contributed by atoms with E-state index in [-0.39, 0.29) is 36.6 Å². The monoisotopic (exact) mass is 310 g/mol. The molecule has 1 amide bonds. The minimum Gasteiger partial charge on any atom is -0.340 e. The van der Waals surface area contributed by atoms with Gasteiger partial charge in [0.2, 0.25) is 5.91 Å². The molecule has 0 aliphatic carbocycles. The van der Waals surface area contributed by atoms with Gasteiger partial charge in [0.05, 0.1) is 11.0 Å². The fraction of sp³-hybridized carbons (Fsp3) is 0.429. The van der Waals surface area contributed by atoms with E-state index >= 15 is 0 Å². The number of rotatable bonds is 3. The number of benzene rings is 1. The molecule has 21 heavy (non-hydrogen) atoms. The first-order valence-electron chi connectivity index (χ1n) is 6.81. The van der Waals surface area contributed by atoms with Crippen LogP contribution in [0.15, 0.2) is 29.1 Å². The highest BCUT2D eigenvalue weighted by Gasteiger charge is 2.23. The first-order valence-corrected chi connectivity index (χ1v) is 6.81. The number of carbonyl (C=O) groups excluding carboxylic acids is 1. The predicted octanol–water partition coefficient (Wildman–Crippen LogP) is 0.572. The van der Waals surface area contributed by atoms with Crippen LogP contribution < -0.4 is 11.0 Å².